The van der Waals surface area contributed by atoms with Crippen molar-refractivity contribution in [3.8, 4) is 5.82 Å². The summed E-state index contributed by atoms with van der Waals surface area (Å²) < 4.78 is 2.18. The summed E-state index contributed by atoms with van der Waals surface area (Å²) in [6.45, 7) is 0. The molecular formula is C45H30N6Si. The van der Waals surface area contributed by atoms with Crippen LogP contribution in [0.2, 0.25) is 0 Å². The second-order valence-corrected chi connectivity index (χ2v) is 17.0. The van der Waals surface area contributed by atoms with Crippen molar-refractivity contribution in [2.24, 2.45) is 0 Å². The van der Waals surface area contributed by atoms with E-state index in [4.69, 9.17) is 4.98 Å². The predicted octanol–water partition coefficient (Wildman–Crippen LogP) is 7.91. The summed E-state index contributed by atoms with van der Waals surface area (Å²) in [5.41, 5.74) is 10.1. The first kappa shape index (κ1) is 29.0. The average molecular weight is 683 g/mol. The topological polar surface area (TPSA) is 50.1 Å². The van der Waals surface area contributed by atoms with E-state index in [1.165, 1.54) is 43.5 Å². The highest BCUT2D eigenvalue weighted by molar-refractivity contribution is 7.23. The van der Waals surface area contributed by atoms with Gasteiger partial charge < -0.3 is 9.80 Å². The van der Waals surface area contributed by atoms with Gasteiger partial charge in [0.2, 0.25) is 0 Å². The molecule has 244 valence electrons. The van der Waals surface area contributed by atoms with Crippen LogP contribution in [0.5, 0.6) is 0 Å². The van der Waals surface area contributed by atoms with Crippen LogP contribution in [0, 0.1) is 0 Å². The molecule has 7 heteroatoms. The Bertz CT molecular complexity index is 2740. The first-order valence-corrected chi connectivity index (χ1v) is 19.5. The molecule has 6 nitrogen and oxygen atoms in total. The molecule has 0 atom stereocenters. The Kier molecular flexibility index (Phi) is 6.17. The molecule has 11 rings (SSSR count). The van der Waals surface area contributed by atoms with Gasteiger partial charge in [-0.05, 0) is 93.5 Å². The Balaban J connectivity index is 1.20. The molecule has 2 aliphatic rings. The fraction of sp³-hybridized carbons (Fsp3) is 0. The minimum atomic E-state index is -2.85. The lowest BCUT2D eigenvalue weighted by Crippen LogP contribution is -2.79. The van der Waals surface area contributed by atoms with Gasteiger partial charge in [-0.1, -0.05) is 91.0 Å². The van der Waals surface area contributed by atoms with Gasteiger partial charge in [-0.25, -0.2) is 9.97 Å². The highest BCUT2D eigenvalue weighted by Crippen LogP contribution is 2.44. The molecule has 5 heterocycles. The molecule has 0 saturated carbocycles. The fourth-order valence-corrected chi connectivity index (χ4v) is 14.3. The van der Waals surface area contributed by atoms with Crippen molar-refractivity contribution in [3.05, 3.63) is 183 Å². The van der Waals surface area contributed by atoms with Gasteiger partial charge in [0.15, 0.2) is 8.07 Å². The number of hydrogen-bond donors (Lipinski definition) is 0. The third-order valence-electron chi connectivity index (χ3n) is 10.8. The second-order valence-electron chi connectivity index (χ2n) is 13.3. The first-order chi connectivity index (χ1) is 25.8. The Hall–Kier alpha value is -6.83. The van der Waals surface area contributed by atoms with Crippen molar-refractivity contribution >= 4 is 84.9 Å². The Morgan fingerprint density at radius 2 is 0.981 bits per heavy atom. The van der Waals surface area contributed by atoms with Gasteiger partial charge in [0.1, 0.15) is 12.1 Å². The van der Waals surface area contributed by atoms with Gasteiger partial charge in [0, 0.05) is 51.9 Å². The molecule has 52 heavy (non-hydrogen) atoms. The number of rotatable bonds is 3. The molecule has 0 aliphatic carbocycles. The number of para-hydroxylation sites is 5. The molecule has 2 aliphatic heterocycles. The van der Waals surface area contributed by atoms with E-state index in [1.807, 2.05) is 18.3 Å². The largest absolute Gasteiger partial charge is 0.311 e. The van der Waals surface area contributed by atoms with Gasteiger partial charge >= 0.3 is 0 Å². The average Bonchev–Trinajstić information content (AvgIpc) is 3.55. The van der Waals surface area contributed by atoms with Crippen LogP contribution in [-0.2, 0) is 0 Å². The molecule has 0 fully saturated rings. The van der Waals surface area contributed by atoms with Gasteiger partial charge in [-0.15, -0.1) is 0 Å². The zero-order valence-corrected chi connectivity index (χ0v) is 29.0. The lowest BCUT2D eigenvalue weighted by molar-refractivity contribution is 1.04. The smallest absolute Gasteiger partial charge is 0.188 e. The normalized spacial score (nSPS) is 13.8. The van der Waals surface area contributed by atoms with Crippen LogP contribution in [0.4, 0.5) is 34.1 Å². The van der Waals surface area contributed by atoms with Gasteiger partial charge in [-0.2, -0.15) is 0 Å². The molecule has 0 bridgehead atoms. The van der Waals surface area contributed by atoms with Gasteiger partial charge in [0.25, 0.3) is 0 Å². The maximum atomic E-state index is 4.90. The van der Waals surface area contributed by atoms with E-state index in [0.717, 1.165) is 39.1 Å². The molecule has 9 aromatic rings. The van der Waals surface area contributed by atoms with Crippen molar-refractivity contribution in [3.63, 3.8) is 0 Å². The summed E-state index contributed by atoms with van der Waals surface area (Å²) in [6.07, 6.45) is 5.25. The zero-order valence-electron chi connectivity index (χ0n) is 28.0. The number of hydrogen-bond acceptors (Lipinski definition) is 5. The number of anilines is 6. The number of benzene rings is 6. The number of pyridine rings is 1. The van der Waals surface area contributed by atoms with Crippen LogP contribution in [0.1, 0.15) is 0 Å². The number of fused-ring (bicyclic) bond motifs is 11. The summed E-state index contributed by atoms with van der Waals surface area (Å²) in [5, 5.41) is 6.62. The Morgan fingerprint density at radius 3 is 1.56 bits per heavy atom. The molecule has 0 N–H and O–H groups in total. The molecular weight excluding hydrogens is 653 g/mol. The summed E-state index contributed by atoms with van der Waals surface area (Å²) in [5.74, 6) is 0.816. The molecule has 0 saturated heterocycles. The Labute approximate surface area is 301 Å². The standard InChI is InChI=1S/C45H30N6Si/c1-2-13-31(14-3-1)49-35-15-4-8-20-40(35)52(41-21-9-5-16-36(41)49)42-22-10-6-17-37(42)50(38-18-7-11-23-43(38)52)32-24-25-34-33(29-32)45-39(19-12-27-47-45)51(34)44-26-28-46-30-48-44/h1-30H. The predicted molar refractivity (Wildman–Crippen MR) is 214 cm³/mol. The quantitative estimate of drug-likeness (QED) is 0.177. The summed E-state index contributed by atoms with van der Waals surface area (Å²) in [6, 6.07) is 59.9. The molecule has 6 aromatic carbocycles. The fourth-order valence-electron chi connectivity index (χ4n) is 8.83. The molecule has 0 unspecified atom stereocenters. The third kappa shape index (κ3) is 3.85. The Morgan fingerprint density at radius 1 is 0.423 bits per heavy atom. The maximum Gasteiger partial charge on any atom is 0.188 e. The van der Waals surface area contributed by atoms with E-state index >= 15 is 0 Å². The van der Waals surface area contributed by atoms with Crippen molar-refractivity contribution < 1.29 is 0 Å². The highest BCUT2D eigenvalue weighted by atomic mass is 28.3. The SMILES string of the molecule is c1ccc(N2c3ccccc3[Si]3(c4ccccc42)c2ccccc2N(c2ccc4c(c2)c2ncccc2n4-c2ccncn2)c2ccccc23)cc1. The lowest BCUT2D eigenvalue weighted by atomic mass is 10.1. The van der Waals surface area contributed by atoms with E-state index in [1.54, 1.807) is 12.5 Å². The highest BCUT2D eigenvalue weighted by Gasteiger charge is 2.53. The van der Waals surface area contributed by atoms with E-state index in [0.29, 0.717) is 0 Å². The first-order valence-electron chi connectivity index (χ1n) is 17.5. The van der Waals surface area contributed by atoms with Crippen molar-refractivity contribution in [2.45, 2.75) is 0 Å². The summed E-state index contributed by atoms with van der Waals surface area (Å²) >= 11 is 0. The monoisotopic (exact) mass is 682 g/mol. The molecule has 0 amide bonds. The van der Waals surface area contributed by atoms with Crippen molar-refractivity contribution in [2.75, 3.05) is 9.80 Å². The summed E-state index contributed by atoms with van der Waals surface area (Å²) in [4.78, 5) is 18.6. The lowest BCUT2D eigenvalue weighted by Gasteiger charge is -2.50. The maximum absolute atomic E-state index is 4.90. The van der Waals surface area contributed by atoms with Crippen LogP contribution in [0.15, 0.2) is 183 Å². The van der Waals surface area contributed by atoms with E-state index < -0.39 is 8.07 Å². The van der Waals surface area contributed by atoms with E-state index in [9.17, 15) is 0 Å². The summed E-state index contributed by atoms with van der Waals surface area (Å²) in [7, 11) is -2.85. The number of nitrogens with zero attached hydrogens (tertiary/aromatic N) is 6. The zero-order chi connectivity index (χ0) is 34.2. The van der Waals surface area contributed by atoms with Crippen LogP contribution >= 0.6 is 0 Å². The van der Waals surface area contributed by atoms with Gasteiger partial charge in [0.05, 0.1) is 16.6 Å². The van der Waals surface area contributed by atoms with Gasteiger partial charge in [-0.3, -0.25) is 9.55 Å². The van der Waals surface area contributed by atoms with Crippen LogP contribution in [0.25, 0.3) is 27.8 Å². The second kappa shape index (κ2) is 11.1. The van der Waals surface area contributed by atoms with Crippen molar-refractivity contribution in [1.29, 1.82) is 0 Å². The third-order valence-corrected chi connectivity index (χ3v) is 15.7. The number of aromatic nitrogens is 4. The molecule has 0 radical (unpaired) electrons. The van der Waals surface area contributed by atoms with Crippen LogP contribution in [-0.4, -0.2) is 27.6 Å². The van der Waals surface area contributed by atoms with E-state index in [-0.39, 0.29) is 0 Å². The molecule has 1 spiro atoms. The minimum absolute atomic E-state index is 0.816. The van der Waals surface area contributed by atoms with Crippen LogP contribution < -0.4 is 30.5 Å². The minimum Gasteiger partial charge on any atom is -0.311 e. The van der Waals surface area contributed by atoms with E-state index in [2.05, 4.69) is 176 Å². The van der Waals surface area contributed by atoms with Crippen molar-refractivity contribution in [1.82, 2.24) is 19.5 Å². The van der Waals surface area contributed by atoms with Crippen LogP contribution in [0.3, 0.4) is 0 Å². The molecule has 3 aromatic heterocycles.